The largest absolute Gasteiger partial charge is 0.432 e. The molecule has 0 amide bonds. The van der Waals surface area contributed by atoms with Gasteiger partial charge in [0.2, 0.25) is 0 Å². The average Bonchev–Trinajstić information content (AvgIpc) is 3.86. The number of aromatic nitrogens is 2. The maximum atomic E-state index is 6.53. The predicted octanol–water partition coefficient (Wildman–Crippen LogP) is 11.1. The lowest BCUT2D eigenvalue weighted by atomic mass is 9.73. The third kappa shape index (κ3) is 7.28. The molecule has 0 N–H and O–H groups in total. The van der Waals surface area contributed by atoms with E-state index in [1.165, 1.54) is 71.9 Å². The Morgan fingerprint density at radius 2 is 1.74 bits per heavy atom. The zero-order chi connectivity index (χ0) is 33.2. The number of benzene rings is 2. The topological polar surface area (TPSA) is 35.2 Å². The average molecular weight is 624 g/mol. The van der Waals surface area contributed by atoms with Gasteiger partial charge in [0.25, 0.3) is 6.33 Å². The highest BCUT2D eigenvalue weighted by molar-refractivity contribution is 5.73. The lowest BCUT2D eigenvalue weighted by molar-refractivity contribution is -0.847. The van der Waals surface area contributed by atoms with Crippen molar-refractivity contribution < 1.29 is 14.0 Å². The first kappa shape index (κ1) is 34.4. The van der Waals surface area contributed by atoms with Crippen LogP contribution in [-0.4, -0.2) is 11.1 Å². The molecule has 0 bridgehead atoms. The SMILES string of the molecule is CCCCC(C)(CC)c1ccccc1-c1cc(-c2c(C)cc(C(C)C(C)CCC3CC3)cc2C)nc[n+]1C1(C)OC(C)=CC(C)O1. The molecule has 1 fully saturated rings. The van der Waals surface area contributed by atoms with Crippen LogP contribution < -0.4 is 4.57 Å². The third-order valence-corrected chi connectivity index (χ3v) is 11.1. The Morgan fingerprint density at radius 3 is 2.37 bits per heavy atom. The molecule has 0 spiro atoms. The number of unbranched alkanes of at least 4 members (excludes halogenated alkanes) is 1. The monoisotopic (exact) mass is 623 g/mol. The van der Waals surface area contributed by atoms with Crippen LogP contribution in [0, 0.1) is 25.7 Å². The molecule has 1 saturated carbocycles. The first-order valence-electron chi connectivity index (χ1n) is 18.1. The van der Waals surface area contributed by atoms with Crippen LogP contribution in [0.3, 0.4) is 0 Å². The van der Waals surface area contributed by atoms with E-state index < -0.39 is 5.91 Å². The molecule has 3 aromatic rings. The van der Waals surface area contributed by atoms with Gasteiger partial charge in [-0.3, -0.25) is 4.74 Å². The van der Waals surface area contributed by atoms with Gasteiger partial charge in [-0.05, 0) is 103 Å². The van der Waals surface area contributed by atoms with E-state index in [9.17, 15) is 0 Å². The van der Waals surface area contributed by atoms with Crippen LogP contribution in [0.1, 0.15) is 135 Å². The summed E-state index contributed by atoms with van der Waals surface area (Å²) in [5, 5.41) is 0. The molecule has 5 atom stereocenters. The van der Waals surface area contributed by atoms with E-state index in [-0.39, 0.29) is 11.5 Å². The van der Waals surface area contributed by atoms with Gasteiger partial charge in [0.05, 0.1) is 11.9 Å². The van der Waals surface area contributed by atoms with Crippen LogP contribution >= 0.6 is 0 Å². The summed E-state index contributed by atoms with van der Waals surface area (Å²) in [4.78, 5) is 5.14. The summed E-state index contributed by atoms with van der Waals surface area (Å²) >= 11 is 0. The number of nitrogens with zero attached hydrogens (tertiary/aromatic N) is 2. The second-order valence-corrected chi connectivity index (χ2v) is 15.0. The molecule has 1 aliphatic carbocycles. The number of ether oxygens (including phenoxy) is 2. The fourth-order valence-electron chi connectivity index (χ4n) is 7.71. The molecule has 0 radical (unpaired) electrons. The van der Waals surface area contributed by atoms with Gasteiger partial charge >= 0.3 is 5.91 Å². The third-order valence-electron chi connectivity index (χ3n) is 11.1. The number of aryl methyl sites for hydroxylation is 2. The molecule has 0 saturated heterocycles. The Hall–Kier alpha value is -2.98. The van der Waals surface area contributed by atoms with Crippen molar-refractivity contribution in [2.75, 3.05) is 0 Å². The molecule has 2 aliphatic rings. The standard InChI is InChI=1S/C42H59N2O2/c1-11-13-22-41(9,12-2)37-17-15-14-16-36(37)39-26-38(43-27-44(39)42(10)45-31(6)25-32(7)46-42)40-29(4)23-35(24-30(40)5)33(8)28(3)18-19-34-20-21-34/h14-17,23-28,31,33-34H,11-13,18-22H2,1-10H3/q+1. The van der Waals surface area contributed by atoms with E-state index in [4.69, 9.17) is 14.5 Å². The van der Waals surface area contributed by atoms with Gasteiger partial charge in [-0.25, -0.2) is 0 Å². The normalized spacial score (nSPS) is 22.5. The molecule has 1 aliphatic heterocycles. The van der Waals surface area contributed by atoms with E-state index in [1.807, 2.05) is 26.3 Å². The number of hydrogen-bond acceptors (Lipinski definition) is 3. The molecule has 5 rings (SSSR count). The molecule has 1 aromatic heterocycles. The molecular formula is C42H59N2O2+. The summed E-state index contributed by atoms with van der Waals surface area (Å²) < 4.78 is 15.1. The molecular weight excluding hydrogens is 564 g/mol. The van der Waals surface area contributed by atoms with Crippen molar-refractivity contribution in [2.45, 2.75) is 144 Å². The number of allylic oxidation sites excluding steroid dienone is 1. The highest BCUT2D eigenvalue weighted by Gasteiger charge is 2.43. The van der Waals surface area contributed by atoms with Crippen LogP contribution in [0.25, 0.3) is 22.5 Å². The maximum absolute atomic E-state index is 6.53. The van der Waals surface area contributed by atoms with Crippen molar-refractivity contribution in [3.63, 3.8) is 0 Å². The van der Waals surface area contributed by atoms with Gasteiger partial charge in [0.1, 0.15) is 5.69 Å². The van der Waals surface area contributed by atoms with Gasteiger partial charge in [-0.15, -0.1) is 0 Å². The Labute approximate surface area is 279 Å². The van der Waals surface area contributed by atoms with E-state index in [0.29, 0.717) is 11.8 Å². The number of rotatable bonds is 13. The predicted molar refractivity (Wildman–Crippen MR) is 191 cm³/mol. The lowest BCUT2D eigenvalue weighted by Gasteiger charge is -2.36. The first-order valence-corrected chi connectivity index (χ1v) is 18.1. The van der Waals surface area contributed by atoms with Crippen LogP contribution in [0.2, 0.25) is 0 Å². The Bertz CT molecular complexity index is 1530. The summed E-state index contributed by atoms with van der Waals surface area (Å²) in [5.74, 6) is 2.04. The summed E-state index contributed by atoms with van der Waals surface area (Å²) in [6.07, 6.45) is 14.1. The van der Waals surface area contributed by atoms with Gasteiger partial charge in [-0.2, -0.15) is 4.57 Å². The Morgan fingerprint density at radius 1 is 1.04 bits per heavy atom. The van der Waals surface area contributed by atoms with Crippen LogP contribution in [0.4, 0.5) is 0 Å². The van der Waals surface area contributed by atoms with Gasteiger partial charge in [0.15, 0.2) is 5.69 Å². The maximum Gasteiger partial charge on any atom is 0.367 e. The molecule has 5 unspecified atom stereocenters. The summed E-state index contributed by atoms with van der Waals surface area (Å²) in [7, 11) is 0. The fourth-order valence-corrected chi connectivity index (χ4v) is 7.71. The minimum Gasteiger partial charge on any atom is -0.432 e. The smallest absolute Gasteiger partial charge is 0.367 e. The van der Waals surface area contributed by atoms with Crippen LogP contribution in [0.15, 0.2) is 60.6 Å². The molecule has 248 valence electrons. The highest BCUT2D eigenvalue weighted by atomic mass is 16.7. The second-order valence-electron chi connectivity index (χ2n) is 15.0. The zero-order valence-corrected chi connectivity index (χ0v) is 30.4. The summed E-state index contributed by atoms with van der Waals surface area (Å²) in [6.45, 7) is 22.5. The summed E-state index contributed by atoms with van der Waals surface area (Å²) in [5.41, 5.74) is 9.91. The Balaban J connectivity index is 1.63. The first-order chi connectivity index (χ1) is 21.9. The second kappa shape index (κ2) is 14.0. The van der Waals surface area contributed by atoms with E-state index >= 15 is 0 Å². The molecule has 2 heterocycles. The van der Waals surface area contributed by atoms with Crippen molar-refractivity contribution in [3.8, 4) is 22.5 Å². The van der Waals surface area contributed by atoms with Crippen molar-refractivity contribution in [1.82, 2.24) is 4.98 Å². The van der Waals surface area contributed by atoms with Crippen LogP contribution in [0.5, 0.6) is 0 Å². The Kier molecular flexibility index (Phi) is 10.5. The zero-order valence-electron chi connectivity index (χ0n) is 30.4. The molecule has 46 heavy (non-hydrogen) atoms. The molecule has 2 aromatic carbocycles. The molecule has 4 heteroatoms. The highest BCUT2D eigenvalue weighted by Crippen LogP contribution is 2.42. The van der Waals surface area contributed by atoms with Crippen molar-refractivity contribution in [1.29, 1.82) is 0 Å². The van der Waals surface area contributed by atoms with Crippen molar-refractivity contribution in [2.24, 2.45) is 11.8 Å². The van der Waals surface area contributed by atoms with E-state index in [2.05, 4.69) is 102 Å². The van der Waals surface area contributed by atoms with Gasteiger partial charge in [0, 0.05) is 24.1 Å². The van der Waals surface area contributed by atoms with Gasteiger partial charge < -0.3 is 4.74 Å². The summed E-state index contributed by atoms with van der Waals surface area (Å²) in [6, 6.07) is 16.1. The van der Waals surface area contributed by atoms with E-state index in [0.717, 1.165) is 35.9 Å². The van der Waals surface area contributed by atoms with Crippen LogP contribution in [-0.2, 0) is 20.8 Å². The van der Waals surface area contributed by atoms with Crippen molar-refractivity contribution >= 4 is 0 Å². The van der Waals surface area contributed by atoms with Gasteiger partial charge in [-0.1, -0.05) is 103 Å². The minimum absolute atomic E-state index is 0.0476. The van der Waals surface area contributed by atoms with E-state index in [1.54, 1.807) is 0 Å². The van der Waals surface area contributed by atoms with Crippen molar-refractivity contribution in [3.05, 3.63) is 82.9 Å². The molecule has 4 nitrogen and oxygen atoms in total. The minimum atomic E-state index is -1.03. The number of hydrogen-bond donors (Lipinski definition) is 0. The lowest BCUT2D eigenvalue weighted by Crippen LogP contribution is -2.61. The fraction of sp³-hybridized carbons (Fsp3) is 0.571. The quantitative estimate of drug-likeness (QED) is 0.178.